The summed E-state index contributed by atoms with van der Waals surface area (Å²) < 4.78 is 13.4. The molecule has 7 nitrogen and oxygen atoms in total. The Morgan fingerprint density at radius 3 is 2.58 bits per heavy atom. The summed E-state index contributed by atoms with van der Waals surface area (Å²) in [7, 11) is 3.48. The number of furan rings is 1. The third-order valence-electron chi connectivity index (χ3n) is 5.48. The molecule has 0 bridgehead atoms. The van der Waals surface area contributed by atoms with Crippen LogP contribution in [0.5, 0.6) is 5.75 Å². The van der Waals surface area contributed by atoms with Gasteiger partial charge < -0.3 is 19.0 Å². The van der Waals surface area contributed by atoms with E-state index in [-0.39, 0.29) is 5.91 Å². The molecule has 1 amide bonds. The second kappa shape index (κ2) is 8.63. The Hall–Kier alpha value is -3.78. The van der Waals surface area contributed by atoms with Crippen molar-refractivity contribution in [2.75, 3.05) is 12.4 Å². The van der Waals surface area contributed by atoms with E-state index >= 15 is 0 Å². The van der Waals surface area contributed by atoms with Gasteiger partial charge in [-0.2, -0.15) is 0 Å². The maximum absolute atomic E-state index is 13.0. The van der Waals surface area contributed by atoms with Gasteiger partial charge in [-0.1, -0.05) is 60.3 Å². The van der Waals surface area contributed by atoms with E-state index in [0.29, 0.717) is 22.2 Å². The molecule has 33 heavy (non-hydrogen) atoms. The normalized spacial score (nSPS) is 12.2. The predicted molar refractivity (Wildman–Crippen MR) is 131 cm³/mol. The van der Waals surface area contributed by atoms with E-state index in [1.54, 1.807) is 13.2 Å². The third kappa shape index (κ3) is 3.93. The molecule has 166 valence electrons. The number of hydrogen-bond acceptors (Lipinski definition) is 6. The number of thioether (sulfide) groups is 1. The number of para-hydroxylation sites is 1. The van der Waals surface area contributed by atoms with Gasteiger partial charge in [0.05, 0.1) is 18.0 Å². The van der Waals surface area contributed by atoms with Crippen LogP contribution in [0.1, 0.15) is 6.92 Å². The largest absolute Gasteiger partial charge is 0.495 e. The molecule has 0 aliphatic carbocycles. The van der Waals surface area contributed by atoms with Gasteiger partial charge in [-0.15, -0.1) is 10.2 Å². The highest BCUT2D eigenvalue weighted by molar-refractivity contribution is 8.00. The van der Waals surface area contributed by atoms with Gasteiger partial charge in [0.15, 0.2) is 11.0 Å². The number of hydrogen-bond donors (Lipinski definition) is 1. The van der Waals surface area contributed by atoms with Crippen LogP contribution in [0.3, 0.4) is 0 Å². The number of fused-ring (bicyclic) bond motifs is 3. The number of rotatable bonds is 6. The lowest BCUT2D eigenvalue weighted by atomic mass is 10.1. The molecule has 0 radical (unpaired) electrons. The van der Waals surface area contributed by atoms with Gasteiger partial charge >= 0.3 is 0 Å². The molecule has 0 saturated carbocycles. The first-order valence-electron chi connectivity index (χ1n) is 10.5. The van der Waals surface area contributed by atoms with Gasteiger partial charge in [-0.25, -0.2) is 0 Å². The van der Waals surface area contributed by atoms with Crippen molar-refractivity contribution in [3.63, 3.8) is 0 Å². The lowest BCUT2D eigenvalue weighted by Gasteiger charge is -2.14. The maximum atomic E-state index is 13.0. The number of nitrogens with one attached hydrogen (secondary N) is 1. The molecule has 2 heterocycles. The summed E-state index contributed by atoms with van der Waals surface area (Å²) in [5, 5.41) is 13.7. The van der Waals surface area contributed by atoms with Crippen LogP contribution in [0.2, 0.25) is 0 Å². The minimum atomic E-state index is -0.410. The fourth-order valence-electron chi connectivity index (χ4n) is 3.72. The first kappa shape index (κ1) is 21.1. The molecular formula is C25H22N4O3S. The molecule has 0 aliphatic rings. The van der Waals surface area contributed by atoms with Gasteiger partial charge in [0.2, 0.25) is 5.91 Å². The quantitative estimate of drug-likeness (QED) is 0.338. The molecule has 1 atom stereocenters. The monoisotopic (exact) mass is 458 g/mol. The fraction of sp³-hybridized carbons (Fsp3) is 0.160. The van der Waals surface area contributed by atoms with Crippen molar-refractivity contribution >= 4 is 45.3 Å². The molecule has 0 saturated heterocycles. The Balaban J connectivity index is 1.37. The van der Waals surface area contributed by atoms with Crippen LogP contribution in [0.25, 0.3) is 33.3 Å². The zero-order valence-electron chi connectivity index (χ0n) is 18.4. The van der Waals surface area contributed by atoms with E-state index in [2.05, 4.69) is 15.5 Å². The summed E-state index contributed by atoms with van der Waals surface area (Å²) in [6.45, 7) is 1.84. The summed E-state index contributed by atoms with van der Waals surface area (Å²) in [4.78, 5) is 13.0. The average molecular weight is 459 g/mol. The number of amides is 1. The van der Waals surface area contributed by atoms with Gasteiger partial charge in [0, 0.05) is 29.4 Å². The van der Waals surface area contributed by atoms with E-state index in [0.717, 1.165) is 27.7 Å². The summed E-state index contributed by atoms with van der Waals surface area (Å²) in [6, 6.07) is 21.4. The SMILES string of the molecule is COc1cc2c(cc1NC(=O)[C@@H](C)Sc1nnc(-c3ccccc3)n1C)oc1ccccc12. The highest BCUT2D eigenvalue weighted by Crippen LogP contribution is 2.37. The highest BCUT2D eigenvalue weighted by atomic mass is 32.2. The number of carbonyl (C=O) groups is 1. The van der Waals surface area contributed by atoms with Crippen LogP contribution in [-0.4, -0.2) is 33.0 Å². The standard InChI is InChI=1S/C25H22N4O3S/c1-15(33-25-28-27-23(29(25)2)16-9-5-4-6-10-16)24(30)26-19-14-21-18(13-22(19)31-3)17-11-7-8-12-20(17)32-21/h4-15H,1-3H3,(H,26,30)/t15-/m1/s1. The number of methoxy groups -OCH3 is 1. The third-order valence-corrected chi connectivity index (χ3v) is 6.61. The van der Waals surface area contributed by atoms with Crippen LogP contribution in [-0.2, 0) is 11.8 Å². The van der Waals surface area contributed by atoms with E-state index in [4.69, 9.17) is 9.15 Å². The molecule has 0 spiro atoms. The molecule has 3 aromatic carbocycles. The number of benzene rings is 3. The molecule has 5 aromatic rings. The summed E-state index contributed by atoms with van der Waals surface area (Å²) in [5.41, 5.74) is 3.01. The van der Waals surface area contributed by atoms with Gasteiger partial charge in [-0.05, 0) is 19.1 Å². The second-order valence-corrected chi connectivity index (χ2v) is 8.94. The first-order valence-corrected chi connectivity index (χ1v) is 11.3. The molecule has 0 unspecified atom stereocenters. The maximum Gasteiger partial charge on any atom is 0.237 e. The summed E-state index contributed by atoms with van der Waals surface area (Å²) >= 11 is 1.35. The van der Waals surface area contributed by atoms with Crippen LogP contribution in [0.4, 0.5) is 5.69 Å². The van der Waals surface area contributed by atoms with Gasteiger partial charge in [0.1, 0.15) is 16.9 Å². The highest BCUT2D eigenvalue weighted by Gasteiger charge is 2.21. The number of ether oxygens (including phenoxy) is 1. The van der Waals surface area contributed by atoms with E-state index < -0.39 is 5.25 Å². The predicted octanol–water partition coefficient (Wildman–Crippen LogP) is 5.51. The lowest BCUT2D eigenvalue weighted by Crippen LogP contribution is -2.23. The number of carbonyl (C=O) groups excluding carboxylic acids is 1. The lowest BCUT2D eigenvalue weighted by molar-refractivity contribution is -0.115. The Bertz CT molecular complexity index is 1460. The topological polar surface area (TPSA) is 82.2 Å². The molecule has 0 aliphatic heterocycles. The number of nitrogens with zero attached hydrogens (tertiary/aromatic N) is 3. The Morgan fingerprint density at radius 1 is 1.03 bits per heavy atom. The molecular weight excluding hydrogens is 436 g/mol. The van der Waals surface area contributed by atoms with Crippen molar-refractivity contribution in [3.05, 3.63) is 66.7 Å². The van der Waals surface area contributed by atoms with Crippen LogP contribution in [0.15, 0.2) is 76.3 Å². The number of anilines is 1. The van der Waals surface area contributed by atoms with Crippen LogP contribution in [0, 0.1) is 0 Å². The second-order valence-electron chi connectivity index (χ2n) is 7.63. The Kier molecular flexibility index (Phi) is 5.51. The molecule has 2 aromatic heterocycles. The molecule has 8 heteroatoms. The van der Waals surface area contributed by atoms with Crippen molar-refractivity contribution in [2.24, 2.45) is 7.05 Å². The zero-order chi connectivity index (χ0) is 22.9. The van der Waals surface area contributed by atoms with Crippen molar-refractivity contribution in [1.82, 2.24) is 14.8 Å². The zero-order valence-corrected chi connectivity index (χ0v) is 19.2. The van der Waals surface area contributed by atoms with Crippen LogP contribution >= 0.6 is 11.8 Å². The summed E-state index contributed by atoms with van der Waals surface area (Å²) in [5.74, 6) is 1.16. The van der Waals surface area contributed by atoms with E-state index in [9.17, 15) is 4.79 Å². The van der Waals surface area contributed by atoms with Crippen LogP contribution < -0.4 is 10.1 Å². The first-order chi connectivity index (χ1) is 16.0. The summed E-state index contributed by atoms with van der Waals surface area (Å²) in [6.07, 6.45) is 0. The van der Waals surface area contributed by atoms with E-state index in [1.165, 1.54) is 11.8 Å². The minimum absolute atomic E-state index is 0.168. The Morgan fingerprint density at radius 2 is 1.79 bits per heavy atom. The smallest absolute Gasteiger partial charge is 0.237 e. The molecule has 0 fully saturated rings. The Labute approximate surface area is 194 Å². The van der Waals surface area contributed by atoms with Crippen molar-refractivity contribution in [1.29, 1.82) is 0 Å². The molecule has 5 rings (SSSR count). The van der Waals surface area contributed by atoms with E-state index in [1.807, 2.05) is 79.2 Å². The van der Waals surface area contributed by atoms with Crippen molar-refractivity contribution < 1.29 is 13.9 Å². The number of aromatic nitrogens is 3. The minimum Gasteiger partial charge on any atom is -0.495 e. The van der Waals surface area contributed by atoms with Gasteiger partial charge in [-0.3, -0.25) is 4.79 Å². The average Bonchev–Trinajstić information content (AvgIpc) is 3.38. The van der Waals surface area contributed by atoms with Gasteiger partial charge in [0.25, 0.3) is 0 Å². The fourth-order valence-corrected chi connectivity index (χ4v) is 4.53. The van der Waals surface area contributed by atoms with Crippen molar-refractivity contribution in [3.8, 4) is 17.1 Å². The molecule has 1 N–H and O–H groups in total. The van der Waals surface area contributed by atoms with Crippen molar-refractivity contribution in [2.45, 2.75) is 17.3 Å².